The minimum absolute atomic E-state index is 0.0155. The Hall–Kier alpha value is -1.64. The number of anilines is 1. The van der Waals surface area contributed by atoms with Crippen molar-refractivity contribution in [3.05, 3.63) is 25.6 Å². The molecule has 2 amide bonds. The highest BCUT2D eigenvalue weighted by atomic mass is 35.5. The van der Waals surface area contributed by atoms with Gasteiger partial charge in [0.1, 0.15) is 32.2 Å². The number of nitrogens with one attached hydrogen (secondary N) is 2. The fourth-order valence-corrected chi connectivity index (χ4v) is 8.69. The second-order valence-electron chi connectivity index (χ2n) is 7.15. The molecule has 0 radical (unpaired) electrons. The van der Waals surface area contributed by atoms with Crippen molar-refractivity contribution in [2.24, 2.45) is 5.73 Å². The van der Waals surface area contributed by atoms with E-state index in [0.29, 0.717) is 27.3 Å². The van der Waals surface area contributed by atoms with Gasteiger partial charge in [-0.25, -0.2) is 9.78 Å². The number of halogens is 1. The Labute approximate surface area is 229 Å². The van der Waals surface area contributed by atoms with Crippen LogP contribution in [-0.4, -0.2) is 77.6 Å². The van der Waals surface area contributed by atoms with Crippen LogP contribution < -0.4 is 22.3 Å². The van der Waals surface area contributed by atoms with Crippen molar-refractivity contribution in [1.29, 1.82) is 0 Å². The SMILES string of the molecule is NCCSCc1nnc(SC2=C(C(=O)O)N3C(=O)[C@@H](NC(=O)C(NO)c4nc(N)sc4Cl)[C@@H]3SC2)s1. The van der Waals surface area contributed by atoms with Crippen molar-refractivity contribution in [2.45, 2.75) is 27.6 Å². The smallest absolute Gasteiger partial charge is 0.353 e. The van der Waals surface area contributed by atoms with Crippen LogP contribution in [0.2, 0.25) is 4.34 Å². The summed E-state index contributed by atoms with van der Waals surface area (Å²) in [6, 6.07) is -2.36. The summed E-state index contributed by atoms with van der Waals surface area (Å²) in [7, 11) is 0. The number of hydrogen-bond donors (Lipinski definition) is 6. The quantitative estimate of drug-likeness (QED) is 0.119. The van der Waals surface area contributed by atoms with E-state index in [1.54, 1.807) is 11.8 Å². The zero-order valence-electron chi connectivity index (χ0n) is 18.0. The molecule has 0 aromatic carbocycles. The summed E-state index contributed by atoms with van der Waals surface area (Å²) in [5.74, 6) is -0.871. The number of hydroxylamine groups is 1. The van der Waals surface area contributed by atoms with E-state index in [-0.39, 0.29) is 20.9 Å². The molecule has 19 heteroatoms. The number of aliphatic carboxylic acids is 1. The second kappa shape index (κ2) is 11.8. The second-order valence-corrected chi connectivity index (χ2v) is 13.4. The minimum Gasteiger partial charge on any atom is -0.477 e. The van der Waals surface area contributed by atoms with Crippen LogP contribution in [0, 0.1) is 0 Å². The Bertz CT molecular complexity index is 1210. The van der Waals surface area contributed by atoms with Gasteiger partial charge in [0.25, 0.3) is 5.91 Å². The summed E-state index contributed by atoms with van der Waals surface area (Å²) < 4.78 is 0.679. The van der Waals surface area contributed by atoms with Crippen LogP contribution in [0.1, 0.15) is 16.7 Å². The van der Waals surface area contributed by atoms with E-state index in [4.69, 9.17) is 23.1 Å². The van der Waals surface area contributed by atoms with Gasteiger partial charge in [-0.15, -0.1) is 22.0 Å². The lowest BCUT2D eigenvalue weighted by atomic mass is 10.0. The molecule has 0 aliphatic carbocycles. The molecule has 4 rings (SSSR count). The maximum absolute atomic E-state index is 12.9. The maximum atomic E-state index is 12.9. The summed E-state index contributed by atoms with van der Waals surface area (Å²) >= 11 is 12.4. The zero-order chi connectivity index (χ0) is 26.0. The van der Waals surface area contributed by atoms with Gasteiger partial charge >= 0.3 is 5.97 Å². The summed E-state index contributed by atoms with van der Waals surface area (Å²) in [5.41, 5.74) is 12.8. The Kier molecular flexibility index (Phi) is 9.00. The minimum atomic E-state index is -1.36. The number of amides is 2. The highest BCUT2D eigenvalue weighted by molar-refractivity contribution is 8.07. The predicted octanol–water partition coefficient (Wildman–Crippen LogP) is 0.930. The van der Waals surface area contributed by atoms with Gasteiger partial charge < -0.3 is 27.1 Å². The molecule has 194 valence electrons. The van der Waals surface area contributed by atoms with Crippen molar-refractivity contribution < 1.29 is 24.7 Å². The summed E-state index contributed by atoms with van der Waals surface area (Å²) in [5, 5.41) is 30.4. The molecule has 36 heavy (non-hydrogen) atoms. The van der Waals surface area contributed by atoms with E-state index in [9.17, 15) is 24.7 Å². The van der Waals surface area contributed by atoms with Gasteiger partial charge in [0.15, 0.2) is 15.5 Å². The van der Waals surface area contributed by atoms with Crippen LogP contribution in [0.25, 0.3) is 0 Å². The van der Waals surface area contributed by atoms with Crippen molar-refractivity contribution >= 4 is 92.5 Å². The molecule has 1 unspecified atom stereocenters. The number of fused-ring (bicyclic) bond motifs is 1. The van der Waals surface area contributed by atoms with Gasteiger partial charge in [-0.2, -0.15) is 17.2 Å². The van der Waals surface area contributed by atoms with Crippen LogP contribution in [0.5, 0.6) is 0 Å². The van der Waals surface area contributed by atoms with Gasteiger partial charge in [-0.3, -0.25) is 14.5 Å². The number of carboxylic acids is 1. The lowest BCUT2D eigenvalue weighted by Crippen LogP contribution is -2.71. The first-order chi connectivity index (χ1) is 17.2. The first kappa shape index (κ1) is 27.4. The van der Waals surface area contributed by atoms with E-state index in [1.165, 1.54) is 23.1 Å². The summed E-state index contributed by atoms with van der Waals surface area (Å²) in [6.45, 7) is 0.564. The van der Waals surface area contributed by atoms with Crippen molar-refractivity contribution in [3.63, 3.8) is 0 Å². The van der Waals surface area contributed by atoms with Crippen molar-refractivity contribution in [2.75, 3.05) is 23.8 Å². The van der Waals surface area contributed by atoms with Crippen LogP contribution >= 0.6 is 69.6 Å². The number of carbonyl (C=O) groups is 3. The van der Waals surface area contributed by atoms with Gasteiger partial charge in [0, 0.05) is 28.7 Å². The molecule has 13 nitrogen and oxygen atoms in total. The molecule has 4 heterocycles. The molecule has 1 fully saturated rings. The first-order valence-electron chi connectivity index (χ1n) is 10.1. The van der Waals surface area contributed by atoms with Crippen LogP contribution in [0.4, 0.5) is 5.13 Å². The van der Waals surface area contributed by atoms with Crippen LogP contribution in [0.15, 0.2) is 14.9 Å². The van der Waals surface area contributed by atoms with E-state index in [2.05, 4.69) is 20.5 Å². The normalized spacial score (nSPS) is 20.2. The van der Waals surface area contributed by atoms with Crippen molar-refractivity contribution in [3.8, 4) is 0 Å². The molecular weight excluding hydrogens is 592 g/mol. The monoisotopic (exact) mass is 610 g/mol. The van der Waals surface area contributed by atoms with Gasteiger partial charge in [0.05, 0.1) is 0 Å². The average Bonchev–Trinajstić information content (AvgIpc) is 3.42. The third-order valence-corrected chi connectivity index (χ3v) is 10.7. The average molecular weight is 611 g/mol. The van der Waals surface area contributed by atoms with E-state index < -0.39 is 35.2 Å². The molecule has 2 aromatic heterocycles. The number of aromatic nitrogens is 3. The maximum Gasteiger partial charge on any atom is 0.353 e. The van der Waals surface area contributed by atoms with Gasteiger partial charge in [0.2, 0.25) is 5.91 Å². The Morgan fingerprint density at radius 2 is 2.11 bits per heavy atom. The lowest BCUT2D eigenvalue weighted by molar-refractivity contribution is -0.151. The molecule has 0 saturated carbocycles. The number of thiazole rings is 1. The Balaban J connectivity index is 1.46. The number of hydrogen-bond acceptors (Lipinski definition) is 15. The summed E-state index contributed by atoms with van der Waals surface area (Å²) in [6.07, 6.45) is 0. The topological polar surface area (TPSA) is 210 Å². The third kappa shape index (κ3) is 5.60. The molecule has 1 saturated heterocycles. The molecule has 2 aliphatic rings. The number of carbonyl (C=O) groups excluding carboxylic acids is 2. The molecular formula is C17H19ClN8O5S5. The van der Waals surface area contributed by atoms with Gasteiger partial charge in [-0.1, -0.05) is 46.0 Å². The number of carboxylic acid groups (broad SMARTS) is 1. The standard InChI is InChI=1S/C17H19ClN8O5S5/c18-11-7(22-16(20)36-11)8(25-31)12(27)21-9-13(28)26-10(15(29)30)5(3-33-14(9)26)34-17-24-23-6(35-17)4-32-2-1-19/h8-9,14,25,31H,1-4,19H2,(H2,20,22)(H,21,27)(H,29,30)/t8?,9-,14+/m1/s1. The molecule has 2 aliphatic heterocycles. The number of β-lactam (4-membered cyclic amide) rings is 1. The number of nitrogen functional groups attached to an aromatic ring is 1. The number of nitrogens with zero attached hydrogens (tertiary/aromatic N) is 4. The van der Waals surface area contributed by atoms with Gasteiger partial charge in [-0.05, 0) is 0 Å². The third-order valence-electron chi connectivity index (χ3n) is 4.87. The fraction of sp³-hybridized carbons (Fsp3) is 0.412. The van der Waals surface area contributed by atoms with Crippen LogP contribution in [-0.2, 0) is 20.1 Å². The number of thioether (sulfide) groups is 3. The van der Waals surface area contributed by atoms with E-state index in [1.807, 2.05) is 5.48 Å². The molecule has 0 bridgehead atoms. The zero-order valence-corrected chi connectivity index (χ0v) is 22.9. The van der Waals surface area contributed by atoms with Crippen LogP contribution in [0.3, 0.4) is 0 Å². The molecule has 0 spiro atoms. The Morgan fingerprint density at radius 1 is 1.33 bits per heavy atom. The van der Waals surface area contributed by atoms with E-state index >= 15 is 0 Å². The fourth-order valence-electron chi connectivity index (χ4n) is 3.34. The lowest BCUT2D eigenvalue weighted by Gasteiger charge is -2.49. The largest absolute Gasteiger partial charge is 0.477 e. The Morgan fingerprint density at radius 3 is 2.75 bits per heavy atom. The van der Waals surface area contributed by atoms with E-state index in [0.717, 1.165) is 38.8 Å². The number of nitrogens with two attached hydrogens (primary N) is 2. The summed E-state index contributed by atoms with van der Waals surface area (Å²) in [4.78, 5) is 43.3. The number of rotatable bonds is 11. The predicted molar refractivity (Wildman–Crippen MR) is 140 cm³/mol. The molecule has 8 N–H and O–H groups in total. The first-order valence-corrected chi connectivity index (χ1v) is 15.1. The highest BCUT2D eigenvalue weighted by Gasteiger charge is 2.55. The van der Waals surface area contributed by atoms with Crippen molar-refractivity contribution in [1.82, 2.24) is 30.9 Å². The highest BCUT2D eigenvalue weighted by Crippen LogP contribution is 2.45. The molecule has 3 atom stereocenters. The molecule has 2 aromatic rings.